The molecule has 1 atom stereocenters. The van der Waals surface area contributed by atoms with E-state index in [1.54, 1.807) is 19.5 Å². The first-order valence-corrected chi connectivity index (χ1v) is 10.2. The van der Waals surface area contributed by atoms with Crippen LogP contribution in [0.2, 0.25) is 0 Å². The monoisotopic (exact) mass is 523 g/mol. The Labute approximate surface area is 195 Å². The first kappa shape index (κ1) is 22.4. The highest BCUT2D eigenvalue weighted by Gasteiger charge is 2.24. The molecule has 2 fully saturated rings. The van der Waals surface area contributed by atoms with Gasteiger partial charge in [0, 0.05) is 70.0 Å². The fraction of sp³-hybridized carbons (Fsp3) is 0.476. The van der Waals surface area contributed by atoms with Crippen LogP contribution in [0, 0.1) is 5.92 Å². The molecule has 4 rings (SSSR count). The van der Waals surface area contributed by atoms with Gasteiger partial charge in [0.1, 0.15) is 5.75 Å². The summed E-state index contributed by atoms with van der Waals surface area (Å²) in [5, 5.41) is 0. The lowest BCUT2D eigenvalue weighted by Gasteiger charge is -2.35. The molecule has 9 heteroatoms. The first-order chi connectivity index (χ1) is 14.2. The van der Waals surface area contributed by atoms with Gasteiger partial charge in [0.15, 0.2) is 5.96 Å². The molecule has 0 bridgehead atoms. The van der Waals surface area contributed by atoms with Gasteiger partial charge >= 0.3 is 0 Å². The molecule has 1 unspecified atom stereocenters. The maximum absolute atomic E-state index is 6.29. The zero-order valence-electron chi connectivity index (χ0n) is 17.4. The van der Waals surface area contributed by atoms with E-state index in [1.807, 2.05) is 18.2 Å². The standard InChI is InChI=1S/C21H29N7O.HI/c1-29-19-5-2-4-18(14-19)28-9-6-17(16-28)15-25-20(22)26-10-12-27(13-11-26)21-23-7-3-8-24-21;/h2-5,7-8,14,17H,6,9-13,15-16H2,1H3,(H2,22,25);1H. The van der Waals surface area contributed by atoms with Crippen molar-refractivity contribution in [2.45, 2.75) is 6.42 Å². The summed E-state index contributed by atoms with van der Waals surface area (Å²) < 4.78 is 5.34. The van der Waals surface area contributed by atoms with Crippen molar-refractivity contribution in [3.05, 3.63) is 42.7 Å². The summed E-state index contributed by atoms with van der Waals surface area (Å²) in [5.41, 5.74) is 7.50. The van der Waals surface area contributed by atoms with Crippen molar-refractivity contribution in [3.8, 4) is 5.75 Å². The molecule has 0 amide bonds. The van der Waals surface area contributed by atoms with Crippen molar-refractivity contribution < 1.29 is 4.74 Å². The number of aliphatic imine (C=N–C) groups is 1. The lowest BCUT2D eigenvalue weighted by molar-refractivity contribution is 0.377. The zero-order valence-corrected chi connectivity index (χ0v) is 19.7. The Bertz CT molecular complexity index is 827. The molecule has 8 nitrogen and oxygen atoms in total. The summed E-state index contributed by atoms with van der Waals surface area (Å²) >= 11 is 0. The second-order valence-electron chi connectivity index (χ2n) is 7.52. The van der Waals surface area contributed by atoms with Gasteiger partial charge in [-0.2, -0.15) is 0 Å². The Balaban J connectivity index is 0.00000256. The number of nitrogens with zero attached hydrogens (tertiary/aromatic N) is 6. The van der Waals surface area contributed by atoms with Crippen molar-refractivity contribution in [3.63, 3.8) is 0 Å². The van der Waals surface area contributed by atoms with E-state index >= 15 is 0 Å². The fourth-order valence-corrected chi connectivity index (χ4v) is 3.94. The van der Waals surface area contributed by atoms with Crippen LogP contribution in [0.15, 0.2) is 47.7 Å². The summed E-state index contributed by atoms with van der Waals surface area (Å²) in [6.07, 6.45) is 4.69. The predicted molar refractivity (Wildman–Crippen MR) is 131 cm³/mol. The van der Waals surface area contributed by atoms with E-state index in [9.17, 15) is 0 Å². The minimum Gasteiger partial charge on any atom is -0.497 e. The van der Waals surface area contributed by atoms with Gasteiger partial charge in [0.2, 0.25) is 5.95 Å². The third-order valence-electron chi connectivity index (χ3n) is 5.65. The highest BCUT2D eigenvalue weighted by molar-refractivity contribution is 14.0. The number of piperazine rings is 1. The summed E-state index contributed by atoms with van der Waals surface area (Å²) in [6.45, 7) is 6.21. The van der Waals surface area contributed by atoms with Crippen LogP contribution in [0.4, 0.5) is 11.6 Å². The normalized spacial score (nSPS) is 19.6. The first-order valence-electron chi connectivity index (χ1n) is 10.2. The third-order valence-corrected chi connectivity index (χ3v) is 5.65. The molecule has 30 heavy (non-hydrogen) atoms. The molecule has 3 heterocycles. The minimum atomic E-state index is 0. The van der Waals surface area contributed by atoms with Crippen LogP contribution in [0.5, 0.6) is 5.75 Å². The van der Waals surface area contributed by atoms with Gasteiger partial charge in [-0.3, -0.25) is 4.99 Å². The van der Waals surface area contributed by atoms with Gasteiger partial charge in [-0.1, -0.05) is 6.07 Å². The van der Waals surface area contributed by atoms with Crippen LogP contribution < -0.4 is 20.3 Å². The molecular weight excluding hydrogens is 493 g/mol. The van der Waals surface area contributed by atoms with Gasteiger partial charge in [0.25, 0.3) is 0 Å². The molecule has 2 aliphatic rings. The number of ether oxygens (including phenoxy) is 1. The molecular formula is C21H30IN7O. The molecule has 0 spiro atoms. The highest BCUT2D eigenvalue weighted by atomic mass is 127. The molecule has 1 aromatic heterocycles. The van der Waals surface area contributed by atoms with E-state index < -0.39 is 0 Å². The molecule has 0 radical (unpaired) electrons. The minimum absolute atomic E-state index is 0. The Hall–Kier alpha value is -2.30. The zero-order chi connectivity index (χ0) is 20.1. The number of rotatable bonds is 5. The van der Waals surface area contributed by atoms with Gasteiger partial charge in [-0.25, -0.2) is 9.97 Å². The van der Waals surface area contributed by atoms with E-state index in [0.717, 1.165) is 63.9 Å². The topological polar surface area (TPSA) is 83.1 Å². The van der Waals surface area contributed by atoms with E-state index in [1.165, 1.54) is 5.69 Å². The molecule has 2 aromatic rings. The lowest BCUT2D eigenvalue weighted by atomic mass is 10.1. The number of halogens is 1. The average Bonchev–Trinajstić information content (AvgIpc) is 3.27. The van der Waals surface area contributed by atoms with Crippen LogP contribution in [0.25, 0.3) is 0 Å². The second-order valence-corrected chi connectivity index (χ2v) is 7.52. The SMILES string of the molecule is COc1cccc(N2CCC(CN=C(N)N3CCN(c4ncccn4)CC3)C2)c1.I. The fourth-order valence-electron chi connectivity index (χ4n) is 3.94. The predicted octanol–water partition coefficient (Wildman–Crippen LogP) is 2.07. The number of methoxy groups -OCH3 is 1. The molecule has 2 aliphatic heterocycles. The van der Waals surface area contributed by atoms with Crippen molar-refractivity contribution in [1.29, 1.82) is 0 Å². The average molecular weight is 523 g/mol. The third kappa shape index (κ3) is 5.44. The number of guanidine groups is 1. The molecule has 162 valence electrons. The summed E-state index contributed by atoms with van der Waals surface area (Å²) in [5.74, 6) is 2.86. The van der Waals surface area contributed by atoms with E-state index in [4.69, 9.17) is 15.5 Å². The van der Waals surface area contributed by atoms with E-state index in [2.05, 4.69) is 36.8 Å². The van der Waals surface area contributed by atoms with Crippen molar-refractivity contribution in [2.24, 2.45) is 16.6 Å². The van der Waals surface area contributed by atoms with Crippen LogP contribution in [-0.2, 0) is 0 Å². The van der Waals surface area contributed by atoms with Gasteiger partial charge in [0.05, 0.1) is 7.11 Å². The number of hydrogen-bond donors (Lipinski definition) is 1. The van der Waals surface area contributed by atoms with Crippen LogP contribution in [0.1, 0.15) is 6.42 Å². The number of benzene rings is 1. The molecule has 0 saturated carbocycles. The summed E-state index contributed by atoms with van der Waals surface area (Å²) in [6, 6.07) is 10.1. The highest BCUT2D eigenvalue weighted by Crippen LogP contribution is 2.27. The molecule has 2 saturated heterocycles. The van der Waals surface area contributed by atoms with Crippen LogP contribution in [-0.4, -0.2) is 73.8 Å². The maximum Gasteiger partial charge on any atom is 0.225 e. The molecule has 2 N–H and O–H groups in total. The smallest absolute Gasteiger partial charge is 0.225 e. The van der Waals surface area contributed by atoms with Crippen molar-refractivity contribution >= 4 is 41.6 Å². The maximum atomic E-state index is 6.29. The molecule has 0 aliphatic carbocycles. The Morgan fingerprint density at radius 3 is 2.60 bits per heavy atom. The van der Waals surface area contributed by atoms with E-state index in [0.29, 0.717) is 11.9 Å². The largest absolute Gasteiger partial charge is 0.497 e. The number of anilines is 2. The second kappa shape index (κ2) is 10.6. The number of nitrogens with two attached hydrogens (primary N) is 1. The summed E-state index contributed by atoms with van der Waals surface area (Å²) in [4.78, 5) is 20.1. The number of aromatic nitrogens is 2. The van der Waals surface area contributed by atoms with Gasteiger partial charge < -0.3 is 25.2 Å². The lowest BCUT2D eigenvalue weighted by Crippen LogP contribution is -2.51. The van der Waals surface area contributed by atoms with Crippen molar-refractivity contribution in [2.75, 3.05) is 62.7 Å². The quantitative estimate of drug-likeness (QED) is 0.365. The number of hydrogen-bond acceptors (Lipinski definition) is 6. The van der Waals surface area contributed by atoms with Crippen LogP contribution >= 0.6 is 24.0 Å². The van der Waals surface area contributed by atoms with Gasteiger partial charge in [-0.05, 0) is 30.5 Å². The van der Waals surface area contributed by atoms with E-state index in [-0.39, 0.29) is 24.0 Å². The van der Waals surface area contributed by atoms with Gasteiger partial charge in [-0.15, -0.1) is 24.0 Å². The Morgan fingerprint density at radius 1 is 1.10 bits per heavy atom. The Morgan fingerprint density at radius 2 is 1.87 bits per heavy atom. The van der Waals surface area contributed by atoms with Crippen LogP contribution in [0.3, 0.4) is 0 Å². The molecule has 1 aromatic carbocycles. The Kier molecular flexibility index (Phi) is 7.94. The van der Waals surface area contributed by atoms with Crippen molar-refractivity contribution in [1.82, 2.24) is 14.9 Å². The summed E-state index contributed by atoms with van der Waals surface area (Å²) in [7, 11) is 1.70.